The fraction of sp³-hybridized carbons (Fsp3) is 1.00. The summed E-state index contributed by atoms with van der Waals surface area (Å²) < 4.78 is 15.0. The average Bonchev–Trinajstić information content (AvgIpc) is 2.80. The summed E-state index contributed by atoms with van der Waals surface area (Å²) in [6.07, 6.45) is 1.46. The van der Waals surface area contributed by atoms with Gasteiger partial charge in [0.15, 0.2) is 0 Å². The smallest absolute Gasteiger partial charge is 0.229 e. The molecule has 0 aliphatic carbocycles. The lowest BCUT2D eigenvalue weighted by Gasteiger charge is -1.99. The van der Waals surface area contributed by atoms with Crippen molar-refractivity contribution in [3.8, 4) is 0 Å². The van der Waals surface area contributed by atoms with E-state index >= 15 is 0 Å². The van der Waals surface area contributed by atoms with Gasteiger partial charge in [0.05, 0.1) is 13.2 Å². The predicted molar refractivity (Wildman–Crippen MR) is 42.6 cm³/mol. The maximum Gasteiger partial charge on any atom is 0.229 e. The molecule has 5 heteroatoms. The first-order valence-corrected chi connectivity index (χ1v) is 5.20. The van der Waals surface area contributed by atoms with Gasteiger partial charge in [0.25, 0.3) is 0 Å². The van der Waals surface area contributed by atoms with Gasteiger partial charge in [-0.05, 0) is 12.5 Å². The van der Waals surface area contributed by atoms with Crippen molar-refractivity contribution in [2.45, 2.75) is 18.6 Å². The summed E-state index contributed by atoms with van der Waals surface area (Å²) in [4.78, 5) is 0. The summed E-state index contributed by atoms with van der Waals surface area (Å²) in [7, 11) is 3.49. The highest BCUT2D eigenvalue weighted by Crippen LogP contribution is 2.08. The van der Waals surface area contributed by atoms with Gasteiger partial charge in [0.2, 0.25) is 20.2 Å². The molecule has 1 saturated heterocycles. The highest BCUT2D eigenvalue weighted by Gasteiger charge is 2.21. The third-order valence-corrected chi connectivity index (χ3v) is 2.48. The first-order chi connectivity index (χ1) is 5.43. The van der Waals surface area contributed by atoms with Crippen molar-refractivity contribution in [3.63, 3.8) is 0 Å². The molecule has 0 spiro atoms. The Labute approximate surface area is 72.9 Å². The van der Waals surface area contributed by atoms with Crippen LogP contribution < -0.4 is 0 Å². The summed E-state index contributed by atoms with van der Waals surface area (Å²) in [6.45, 7) is 2.46. The van der Waals surface area contributed by atoms with Crippen molar-refractivity contribution >= 4 is 20.2 Å². The minimum Gasteiger partial charge on any atom is -0.458 e. The van der Waals surface area contributed by atoms with Crippen LogP contribution in [-0.2, 0) is 13.6 Å². The minimum absolute atomic E-state index is 0.393. The van der Waals surface area contributed by atoms with Gasteiger partial charge in [-0.15, -0.1) is 0 Å². The zero-order valence-corrected chi connectivity index (χ0v) is 8.34. The van der Waals surface area contributed by atoms with Crippen LogP contribution in [0, 0.1) is 0 Å². The summed E-state index contributed by atoms with van der Waals surface area (Å²) in [6, 6.07) is 1.06. The van der Waals surface area contributed by atoms with Crippen molar-refractivity contribution in [3.05, 3.63) is 0 Å². The summed E-state index contributed by atoms with van der Waals surface area (Å²) in [5.74, 6) is 0. The molecule has 1 aliphatic rings. The Bertz CT molecular complexity index is 97.8. The Kier molecular flexibility index (Phi) is 5.04. The molecule has 0 saturated carbocycles. The maximum absolute atomic E-state index is 5.31. The van der Waals surface area contributed by atoms with Crippen LogP contribution in [0.4, 0.5) is 0 Å². The highest BCUT2D eigenvalue weighted by atomic mass is 28.3. The topological polar surface area (TPSA) is 31.0 Å². The lowest BCUT2D eigenvalue weighted by Crippen LogP contribution is -2.04. The number of rotatable bonds is 7. The van der Waals surface area contributed by atoms with Crippen LogP contribution in [0.5, 0.6) is 0 Å². The molecule has 1 heterocycles. The molecule has 1 rings (SSSR count). The SMILES string of the molecule is [Si]O[Si]CCCOCC1CO1. The molecule has 0 aromatic rings. The Morgan fingerprint density at radius 2 is 2.45 bits per heavy atom. The van der Waals surface area contributed by atoms with E-state index in [0.717, 1.165) is 32.3 Å². The quantitative estimate of drug-likeness (QED) is 0.317. The monoisotopic (exact) mass is 187 g/mol. The van der Waals surface area contributed by atoms with Crippen molar-refractivity contribution in [2.24, 2.45) is 0 Å². The summed E-state index contributed by atoms with van der Waals surface area (Å²) in [5, 5.41) is 0. The molecule has 1 atom stereocenters. The fourth-order valence-electron chi connectivity index (χ4n) is 0.676. The first-order valence-electron chi connectivity index (χ1n) is 3.68. The van der Waals surface area contributed by atoms with Gasteiger partial charge in [-0.25, -0.2) is 0 Å². The van der Waals surface area contributed by atoms with Gasteiger partial charge in [0.1, 0.15) is 6.10 Å². The van der Waals surface area contributed by atoms with Gasteiger partial charge < -0.3 is 13.6 Å². The normalized spacial score (nSPS) is 22.1. The van der Waals surface area contributed by atoms with E-state index in [1.54, 1.807) is 0 Å². The van der Waals surface area contributed by atoms with Crippen molar-refractivity contribution in [2.75, 3.05) is 19.8 Å². The first kappa shape index (κ1) is 9.40. The molecular formula is C6H11O3Si2. The van der Waals surface area contributed by atoms with Crippen LogP contribution in [0.2, 0.25) is 6.04 Å². The number of epoxide rings is 1. The van der Waals surface area contributed by atoms with E-state index in [1.807, 2.05) is 0 Å². The van der Waals surface area contributed by atoms with Gasteiger partial charge in [-0.3, -0.25) is 0 Å². The summed E-state index contributed by atoms with van der Waals surface area (Å²) >= 11 is 0. The minimum atomic E-state index is 0.393. The Morgan fingerprint density at radius 3 is 3.09 bits per heavy atom. The lowest BCUT2D eigenvalue weighted by molar-refractivity contribution is 0.117. The molecule has 0 bridgehead atoms. The Balaban J connectivity index is 1.66. The van der Waals surface area contributed by atoms with Crippen molar-refractivity contribution in [1.82, 2.24) is 0 Å². The van der Waals surface area contributed by atoms with Gasteiger partial charge >= 0.3 is 0 Å². The number of hydrogen-bond donors (Lipinski definition) is 0. The van der Waals surface area contributed by atoms with Crippen molar-refractivity contribution < 1.29 is 13.6 Å². The second-order valence-electron chi connectivity index (χ2n) is 2.38. The molecule has 61 valence electrons. The highest BCUT2D eigenvalue weighted by molar-refractivity contribution is 6.34. The van der Waals surface area contributed by atoms with Gasteiger partial charge in [-0.2, -0.15) is 0 Å². The molecule has 1 aliphatic heterocycles. The van der Waals surface area contributed by atoms with E-state index < -0.39 is 0 Å². The predicted octanol–water partition coefficient (Wildman–Crippen LogP) is -0.0705. The fourth-order valence-corrected chi connectivity index (χ4v) is 1.37. The zero-order valence-electron chi connectivity index (χ0n) is 6.34. The molecule has 3 nitrogen and oxygen atoms in total. The lowest BCUT2D eigenvalue weighted by atomic mass is 10.5. The third kappa shape index (κ3) is 5.57. The van der Waals surface area contributed by atoms with Crippen LogP contribution in [0.3, 0.4) is 0 Å². The van der Waals surface area contributed by atoms with E-state index in [4.69, 9.17) is 13.6 Å². The molecule has 0 N–H and O–H groups in total. The van der Waals surface area contributed by atoms with Crippen LogP contribution in [-0.4, -0.2) is 46.2 Å². The van der Waals surface area contributed by atoms with Crippen LogP contribution in [0.25, 0.3) is 0 Å². The van der Waals surface area contributed by atoms with E-state index in [2.05, 4.69) is 10.5 Å². The second kappa shape index (κ2) is 5.90. The largest absolute Gasteiger partial charge is 0.458 e. The standard InChI is InChI=1S/C6H11O3Si2/c10-9-11-3-1-2-7-4-6-5-8-6/h6H,1-5H2. The number of hydrogen-bond acceptors (Lipinski definition) is 3. The van der Waals surface area contributed by atoms with Crippen LogP contribution in [0.15, 0.2) is 0 Å². The van der Waals surface area contributed by atoms with Crippen LogP contribution in [0.1, 0.15) is 6.42 Å². The molecule has 1 unspecified atom stereocenters. The van der Waals surface area contributed by atoms with E-state index in [1.165, 1.54) is 0 Å². The molecule has 0 aromatic heterocycles. The van der Waals surface area contributed by atoms with Gasteiger partial charge in [0, 0.05) is 6.61 Å². The Hall–Kier alpha value is 0.314. The number of ether oxygens (including phenoxy) is 2. The average molecular weight is 187 g/mol. The second-order valence-corrected chi connectivity index (χ2v) is 3.99. The van der Waals surface area contributed by atoms with E-state index in [-0.39, 0.29) is 0 Å². The van der Waals surface area contributed by atoms with E-state index in [9.17, 15) is 0 Å². The molecule has 0 amide bonds. The van der Waals surface area contributed by atoms with Crippen LogP contribution >= 0.6 is 0 Å². The molecule has 1 fully saturated rings. The Morgan fingerprint density at radius 1 is 1.64 bits per heavy atom. The summed E-state index contributed by atoms with van der Waals surface area (Å²) in [5.41, 5.74) is 0. The zero-order chi connectivity index (χ0) is 7.94. The van der Waals surface area contributed by atoms with Gasteiger partial charge in [-0.1, -0.05) is 0 Å². The molecule has 0 aromatic carbocycles. The maximum atomic E-state index is 5.31. The molecule has 11 heavy (non-hydrogen) atoms. The van der Waals surface area contributed by atoms with Crippen molar-refractivity contribution in [1.29, 1.82) is 0 Å². The molecule has 5 radical (unpaired) electrons. The third-order valence-electron chi connectivity index (χ3n) is 1.35. The van der Waals surface area contributed by atoms with E-state index in [0.29, 0.717) is 15.9 Å². The molecular weight excluding hydrogens is 176 g/mol.